The van der Waals surface area contributed by atoms with Crippen LogP contribution in [0.2, 0.25) is 0 Å². The number of carbonyl (C=O) groups is 1. The summed E-state index contributed by atoms with van der Waals surface area (Å²) in [6.07, 6.45) is 2.22. The van der Waals surface area contributed by atoms with E-state index in [9.17, 15) is 4.79 Å². The van der Waals surface area contributed by atoms with Crippen LogP contribution in [0, 0.1) is 0 Å². The summed E-state index contributed by atoms with van der Waals surface area (Å²) in [6, 6.07) is 0. The summed E-state index contributed by atoms with van der Waals surface area (Å²) < 4.78 is 6.60. The highest BCUT2D eigenvalue weighted by Crippen LogP contribution is 2.16. The second kappa shape index (κ2) is 4.04. The summed E-state index contributed by atoms with van der Waals surface area (Å²) in [4.78, 5) is 10.7. The van der Waals surface area contributed by atoms with Gasteiger partial charge in [0.25, 0.3) is 0 Å². The monoisotopic (exact) mass is 184 g/mol. The van der Waals surface area contributed by atoms with E-state index in [1.54, 1.807) is 24.9 Å². The van der Waals surface area contributed by atoms with Gasteiger partial charge in [0.15, 0.2) is 6.10 Å². The van der Waals surface area contributed by atoms with Crippen molar-refractivity contribution >= 4 is 5.97 Å². The molecule has 13 heavy (non-hydrogen) atoms. The van der Waals surface area contributed by atoms with Crippen molar-refractivity contribution in [1.29, 1.82) is 0 Å². The fourth-order valence-electron chi connectivity index (χ4n) is 1.05. The molecular weight excluding hydrogens is 172 g/mol. The molecule has 0 bridgehead atoms. The molecule has 0 aromatic carbocycles. The molecule has 5 nitrogen and oxygen atoms in total. The smallest absolute Gasteiger partial charge is 0.337 e. The number of carboxylic acids is 1. The maximum Gasteiger partial charge on any atom is 0.337 e. The second-order valence-electron chi connectivity index (χ2n) is 2.62. The predicted octanol–water partition coefficient (Wildman–Crippen LogP) is 0.582. The number of aryl methyl sites for hydroxylation is 1. The minimum absolute atomic E-state index is 0.367. The molecule has 0 fully saturated rings. The molecule has 1 unspecified atom stereocenters. The first-order valence-electron chi connectivity index (χ1n) is 3.98. The number of carboxylic acid groups (broad SMARTS) is 1. The minimum Gasteiger partial charge on any atom is -0.479 e. The Kier molecular flexibility index (Phi) is 3.02. The number of rotatable bonds is 4. The molecule has 0 radical (unpaired) electrons. The van der Waals surface area contributed by atoms with Crippen molar-refractivity contribution in [2.75, 3.05) is 6.61 Å². The zero-order valence-electron chi connectivity index (χ0n) is 7.60. The minimum atomic E-state index is -0.991. The van der Waals surface area contributed by atoms with Crippen molar-refractivity contribution in [3.63, 3.8) is 0 Å². The Hall–Kier alpha value is -1.36. The van der Waals surface area contributed by atoms with E-state index in [1.165, 1.54) is 6.20 Å². The zero-order valence-corrected chi connectivity index (χ0v) is 7.60. The molecule has 1 rings (SSSR count). The van der Waals surface area contributed by atoms with E-state index in [0.717, 1.165) is 0 Å². The van der Waals surface area contributed by atoms with Gasteiger partial charge in [0, 0.05) is 25.4 Å². The lowest BCUT2D eigenvalue weighted by atomic mass is 10.2. The molecule has 0 aliphatic carbocycles. The molecular formula is C8H12N2O3. The van der Waals surface area contributed by atoms with Crippen LogP contribution in [0.4, 0.5) is 0 Å². The lowest BCUT2D eigenvalue weighted by Crippen LogP contribution is -2.14. The molecule has 72 valence electrons. The van der Waals surface area contributed by atoms with Crippen LogP contribution < -0.4 is 0 Å². The summed E-state index contributed by atoms with van der Waals surface area (Å²) in [5.41, 5.74) is 0.567. The maximum absolute atomic E-state index is 10.7. The van der Waals surface area contributed by atoms with Crippen LogP contribution in [0.15, 0.2) is 12.4 Å². The first-order valence-corrected chi connectivity index (χ1v) is 3.98. The van der Waals surface area contributed by atoms with E-state index in [1.807, 2.05) is 0 Å². The number of hydrogen-bond acceptors (Lipinski definition) is 3. The van der Waals surface area contributed by atoms with Crippen molar-refractivity contribution in [1.82, 2.24) is 9.78 Å². The molecule has 1 N–H and O–H groups in total. The molecule has 5 heteroatoms. The number of nitrogens with zero attached hydrogens (tertiary/aromatic N) is 2. The van der Waals surface area contributed by atoms with Gasteiger partial charge in [-0.25, -0.2) is 4.79 Å². The zero-order chi connectivity index (χ0) is 9.84. The third-order valence-corrected chi connectivity index (χ3v) is 1.59. The second-order valence-corrected chi connectivity index (χ2v) is 2.62. The fraction of sp³-hybridized carbons (Fsp3) is 0.500. The molecule has 1 heterocycles. The lowest BCUT2D eigenvalue weighted by molar-refractivity contribution is -0.150. The van der Waals surface area contributed by atoms with Gasteiger partial charge in [0.2, 0.25) is 0 Å². The average molecular weight is 184 g/mol. The van der Waals surface area contributed by atoms with E-state index in [2.05, 4.69) is 5.10 Å². The SMILES string of the molecule is CCOC(C(=O)O)c1cnn(C)c1. The van der Waals surface area contributed by atoms with Crippen LogP contribution in [0.1, 0.15) is 18.6 Å². The first-order chi connectivity index (χ1) is 6.15. The van der Waals surface area contributed by atoms with E-state index in [0.29, 0.717) is 12.2 Å². The molecule has 0 aliphatic heterocycles. The standard InChI is InChI=1S/C8H12N2O3/c1-3-13-7(8(11)12)6-4-9-10(2)5-6/h4-5,7H,3H2,1-2H3,(H,11,12). The van der Waals surface area contributed by atoms with Crippen LogP contribution in [0.25, 0.3) is 0 Å². The molecule has 1 atom stereocenters. The van der Waals surface area contributed by atoms with Gasteiger partial charge in [-0.1, -0.05) is 0 Å². The fourth-order valence-corrected chi connectivity index (χ4v) is 1.05. The lowest BCUT2D eigenvalue weighted by Gasteiger charge is -2.09. The van der Waals surface area contributed by atoms with Gasteiger partial charge < -0.3 is 9.84 Å². The van der Waals surface area contributed by atoms with Crippen LogP contribution in [-0.4, -0.2) is 27.5 Å². The Morgan fingerprint density at radius 1 is 1.85 bits per heavy atom. The van der Waals surface area contributed by atoms with Crippen LogP contribution in [-0.2, 0) is 16.6 Å². The van der Waals surface area contributed by atoms with Gasteiger partial charge in [-0.15, -0.1) is 0 Å². The highest BCUT2D eigenvalue weighted by atomic mass is 16.5. The topological polar surface area (TPSA) is 64.3 Å². The summed E-state index contributed by atoms with van der Waals surface area (Å²) in [7, 11) is 1.73. The summed E-state index contributed by atoms with van der Waals surface area (Å²) in [5, 5.41) is 12.7. The summed E-state index contributed by atoms with van der Waals surface area (Å²) in [6.45, 7) is 2.12. The average Bonchev–Trinajstić information content (AvgIpc) is 2.46. The highest BCUT2D eigenvalue weighted by molar-refractivity contribution is 5.74. The molecule has 0 amide bonds. The molecule has 1 aromatic rings. The van der Waals surface area contributed by atoms with Crippen molar-refractivity contribution in [2.24, 2.45) is 7.05 Å². The summed E-state index contributed by atoms with van der Waals surface area (Å²) >= 11 is 0. The van der Waals surface area contributed by atoms with Gasteiger partial charge in [0.1, 0.15) is 0 Å². The largest absolute Gasteiger partial charge is 0.479 e. The summed E-state index contributed by atoms with van der Waals surface area (Å²) in [5.74, 6) is -0.991. The Labute approximate surface area is 75.9 Å². The quantitative estimate of drug-likeness (QED) is 0.743. The highest BCUT2D eigenvalue weighted by Gasteiger charge is 2.20. The number of hydrogen-bond donors (Lipinski definition) is 1. The molecule has 0 saturated carbocycles. The van der Waals surface area contributed by atoms with Gasteiger partial charge in [0.05, 0.1) is 6.20 Å². The Morgan fingerprint density at radius 3 is 2.92 bits per heavy atom. The normalized spacial score (nSPS) is 12.8. The number of ether oxygens (including phenoxy) is 1. The van der Waals surface area contributed by atoms with E-state index >= 15 is 0 Å². The molecule has 0 aliphatic rings. The van der Waals surface area contributed by atoms with Gasteiger partial charge in [-0.2, -0.15) is 5.10 Å². The predicted molar refractivity (Wildman–Crippen MR) is 45.2 cm³/mol. The Balaban J connectivity index is 2.81. The Bertz CT molecular complexity index is 295. The van der Waals surface area contributed by atoms with Crippen molar-refractivity contribution in [2.45, 2.75) is 13.0 Å². The van der Waals surface area contributed by atoms with Crippen LogP contribution >= 0.6 is 0 Å². The number of aliphatic carboxylic acids is 1. The van der Waals surface area contributed by atoms with Crippen molar-refractivity contribution < 1.29 is 14.6 Å². The van der Waals surface area contributed by atoms with Gasteiger partial charge >= 0.3 is 5.97 Å². The van der Waals surface area contributed by atoms with Gasteiger partial charge in [-0.3, -0.25) is 4.68 Å². The molecule has 1 aromatic heterocycles. The van der Waals surface area contributed by atoms with E-state index in [4.69, 9.17) is 9.84 Å². The van der Waals surface area contributed by atoms with E-state index < -0.39 is 12.1 Å². The van der Waals surface area contributed by atoms with Crippen molar-refractivity contribution in [3.8, 4) is 0 Å². The number of aromatic nitrogens is 2. The van der Waals surface area contributed by atoms with Crippen LogP contribution in [0.5, 0.6) is 0 Å². The Morgan fingerprint density at radius 2 is 2.54 bits per heavy atom. The third-order valence-electron chi connectivity index (χ3n) is 1.59. The third kappa shape index (κ3) is 2.29. The first kappa shape index (κ1) is 9.73. The van der Waals surface area contributed by atoms with Crippen molar-refractivity contribution in [3.05, 3.63) is 18.0 Å². The van der Waals surface area contributed by atoms with Crippen LogP contribution in [0.3, 0.4) is 0 Å². The molecule has 0 saturated heterocycles. The molecule has 0 spiro atoms. The van der Waals surface area contributed by atoms with Gasteiger partial charge in [-0.05, 0) is 6.92 Å². The van der Waals surface area contributed by atoms with E-state index in [-0.39, 0.29) is 0 Å². The maximum atomic E-state index is 10.7.